The molecule has 0 spiro atoms. The predicted octanol–water partition coefficient (Wildman–Crippen LogP) is 5.51. The first-order valence-corrected chi connectivity index (χ1v) is 10.6. The monoisotopic (exact) mass is 412 g/mol. The molecule has 0 saturated heterocycles. The van der Waals surface area contributed by atoms with E-state index in [4.69, 9.17) is 10.1 Å². The van der Waals surface area contributed by atoms with Crippen LogP contribution in [0, 0.1) is 34.6 Å². The second-order valence-electron chi connectivity index (χ2n) is 8.19. The maximum absolute atomic E-state index is 12.6. The molecule has 31 heavy (non-hydrogen) atoms. The summed E-state index contributed by atoms with van der Waals surface area (Å²) in [7, 11) is 0. The fourth-order valence-electron chi connectivity index (χ4n) is 4.09. The smallest absolute Gasteiger partial charge is 0.224 e. The number of nitrogens with zero attached hydrogens (tertiary/aromatic N) is 3. The van der Waals surface area contributed by atoms with Crippen LogP contribution < -0.4 is 5.32 Å². The van der Waals surface area contributed by atoms with Crippen LogP contribution in [0.5, 0.6) is 0 Å². The highest BCUT2D eigenvalue weighted by Crippen LogP contribution is 2.29. The molecule has 1 amide bonds. The molecule has 0 fully saturated rings. The Morgan fingerprint density at radius 1 is 0.968 bits per heavy atom. The highest BCUT2D eigenvalue weighted by Gasteiger charge is 2.18. The zero-order valence-corrected chi connectivity index (χ0v) is 18.8. The lowest BCUT2D eigenvalue weighted by Crippen LogP contribution is -2.15. The summed E-state index contributed by atoms with van der Waals surface area (Å²) in [6.45, 7) is 10.1. The Kier molecular flexibility index (Phi) is 5.59. The number of benzene rings is 2. The minimum absolute atomic E-state index is 0.00853. The summed E-state index contributed by atoms with van der Waals surface area (Å²) >= 11 is 0. The van der Waals surface area contributed by atoms with Crippen LogP contribution in [0.3, 0.4) is 0 Å². The first kappa shape index (κ1) is 20.8. The molecular formula is C26H28N4O. The van der Waals surface area contributed by atoms with Gasteiger partial charge in [0.15, 0.2) is 5.65 Å². The zero-order valence-electron chi connectivity index (χ0n) is 18.8. The van der Waals surface area contributed by atoms with Crippen LogP contribution in [0.4, 0.5) is 5.69 Å². The van der Waals surface area contributed by atoms with E-state index in [9.17, 15) is 4.79 Å². The van der Waals surface area contributed by atoms with Gasteiger partial charge in [0.05, 0.1) is 5.69 Å². The molecule has 0 aliphatic rings. The van der Waals surface area contributed by atoms with Gasteiger partial charge in [-0.1, -0.05) is 42.5 Å². The van der Waals surface area contributed by atoms with Crippen LogP contribution in [-0.2, 0) is 11.2 Å². The molecule has 5 nitrogen and oxygen atoms in total. The second kappa shape index (κ2) is 8.34. The van der Waals surface area contributed by atoms with Crippen molar-refractivity contribution < 1.29 is 4.79 Å². The van der Waals surface area contributed by atoms with Crippen LogP contribution >= 0.6 is 0 Å². The number of anilines is 1. The predicted molar refractivity (Wildman–Crippen MR) is 126 cm³/mol. The Bertz CT molecular complexity index is 1270. The third-order valence-electron chi connectivity index (χ3n) is 5.83. The fourth-order valence-corrected chi connectivity index (χ4v) is 4.09. The number of amides is 1. The molecule has 0 unspecified atom stereocenters. The van der Waals surface area contributed by atoms with Gasteiger partial charge in [0, 0.05) is 29.1 Å². The van der Waals surface area contributed by atoms with Crippen molar-refractivity contribution in [3.63, 3.8) is 0 Å². The quantitative estimate of drug-likeness (QED) is 0.470. The zero-order chi connectivity index (χ0) is 22.1. The van der Waals surface area contributed by atoms with E-state index in [1.54, 1.807) is 0 Å². The van der Waals surface area contributed by atoms with Gasteiger partial charge < -0.3 is 5.32 Å². The topological polar surface area (TPSA) is 59.3 Å². The van der Waals surface area contributed by atoms with Gasteiger partial charge in [0.1, 0.15) is 0 Å². The van der Waals surface area contributed by atoms with Gasteiger partial charge in [-0.25, -0.2) is 9.50 Å². The highest BCUT2D eigenvalue weighted by atomic mass is 16.1. The maximum atomic E-state index is 12.6. The van der Waals surface area contributed by atoms with Gasteiger partial charge in [-0.3, -0.25) is 4.79 Å². The fraction of sp³-hybridized carbons (Fsp3) is 0.269. The summed E-state index contributed by atoms with van der Waals surface area (Å²) in [6, 6.07) is 16.3. The van der Waals surface area contributed by atoms with Crippen LogP contribution in [0.2, 0.25) is 0 Å². The summed E-state index contributed by atoms with van der Waals surface area (Å²) in [5, 5.41) is 7.81. The molecular weight excluding hydrogens is 384 g/mol. The van der Waals surface area contributed by atoms with Crippen molar-refractivity contribution in [2.24, 2.45) is 0 Å². The molecule has 158 valence electrons. The van der Waals surface area contributed by atoms with Crippen LogP contribution in [0.25, 0.3) is 16.8 Å². The Morgan fingerprint density at radius 2 is 1.71 bits per heavy atom. The molecule has 0 bridgehead atoms. The number of rotatable bonds is 5. The van der Waals surface area contributed by atoms with Crippen LogP contribution in [-0.4, -0.2) is 20.5 Å². The van der Waals surface area contributed by atoms with E-state index in [0.29, 0.717) is 12.8 Å². The average molecular weight is 413 g/mol. The molecule has 0 aliphatic heterocycles. The number of aryl methyl sites for hydroxylation is 5. The minimum atomic E-state index is 0.00853. The highest BCUT2D eigenvalue weighted by molar-refractivity contribution is 5.91. The SMILES string of the molecule is Cc1ccc(C)c(NC(=O)CCc2c(C)nc3c(-c4ccccc4)c(C)nn3c2C)c1. The van der Waals surface area contributed by atoms with Gasteiger partial charge >= 0.3 is 0 Å². The van der Waals surface area contributed by atoms with Gasteiger partial charge in [-0.2, -0.15) is 5.10 Å². The van der Waals surface area contributed by atoms with Crippen molar-refractivity contribution in [2.45, 2.75) is 47.5 Å². The number of fused-ring (bicyclic) bond motifs is 1. The lowest BCUT2D eigenvalue weighted by molar-refractivity contribution is -0.116. The van der Waals surface area contributed by atoms with Gasteiger partial charge in [0.2, 0.25) is 5.91 Å². The second-order valence-corrected chi connectivity index (χ2v) is 8.19. The van der Waals surface area contributed by atoms with Crippen molar-refractivity contribution >= 4 is 17.2 Å². The molecule has 0 atom stereocenters. The third-order valence-corrected chi connectivity index (χ3v) is 5.83. The molecule has 4 aromatic rings. The number of aromatic nitrogens is 3. The molecule has 2 heterocycles. The molecule has 0 aliphatic carbocycles. The molecule has 0 saturated carbocycles. The van der Waals surface area contributed by atoms with Gasteiger partial charge in [-0.15, -0.1) is 0 Å². The van der Waals surface area contributed by atoms with E-state index in [1.165, 1.54) is 0 Å². The van der Waals surface area contributed by atoms with Gasteiger partial charge in [0.25, 0.3) is 0 Å². The molecule has 5 heteroatoms. The molecule has 2 aromatic carbocycles. The Labute approximate surface area is 183 Å². The van der Waals surface area contributed by atoms with Crippen LogP contribution in [0.15, 0.2) is 48.5 Å². The third kappa shape index (κ3) is 4.08. The standard InChI is InChI=1S/C26H28N4O/c1-16-11-12-17(2)23(15-16)28-24(31)14-13-22-18(3)27-26-25(21-9-7-6-8-10-21)19(4)29-30(26)20(22)5/h6-12,15H,13-14H2,1-5H3,(H,28,31). The summed E-state index contributed by atoms with van der Waals surface area (Å²) in [4.78, 5) is 17.5. The Balaban J connectivity index is 1.60. The Morgan fingerprint density at radius 3 is 2.45 bits per heavy atom. The lowest BCUT2D eigenvalue weighted by Gasteiger charge is -2.13. The van der Waals surface area contributed by atoms with E-state index >= 15 is 0 Å². The average Bonchev–Trinajstić information content (AvgIpc) is 3.07. The van der Waals surface area contributed by atoms with Crippen LogP contribution in [0.1, 0.15) is 40.2 Å². The van der Waals surface area contributed by atoms with Crippen molar-refractivity contribution in [1.82, 2.24) is 14.6 Å². The largest absolute Gasteiger partial charge is 0.326 e. The van der Waals surface area contributed by atoms with E-state index in [1.807, 2.05) is 68.6 Å². The Hall–Kier alpha value is -3.47. The summed E-state index contributed by atoms with van der Waals surface area (Å²) in [5.74, 6) is 0.00853. The van der Waals surface area contributed by atoms with Crippen molar-refractivity contribution in [2.75, 3.05) is 5.32 Å². The van der Waals surface area contributed by atoms with E-state index in [0.717, 1.165) is 56.2 Å². The number of nitrogens with one attached hydrogen (secondary N) is 1. The van der Waals surface area contributed by atoms with Crippen molar-refractivity contribution in [3.05, 3.63) is 82.3 Å². The van der Waals surface area contributed by atoms with Crippen molar-refractivity contribution in [3.8, 4) is 11.1 Å². The van der Waals surface area contributed by atoms with Crippen molar-refractivity contribution in [1.29, 1.82) is 0 Å². The first-order valence-electron chi connectivity index (χ1n) is 10.6. The summed E-state index contributed by atoms with van der Waals surface area (Å²) in [6.07, 6.45) is 1.02. The number of carbonyl (C=O) groups is 1. The van der Waals surface area contributed by atoms with E-state index < -0.39 is 0 Å². The summed E-state index contributed by atoms with van der Waals surface area (Å²) in [5.41, 5.74) is 10.1. The number of carbonyl (C=O) groups excluding carboxylic acids is 1. The maximum Gasteiger partial charge on any atom is 0.224 e. The number of hydrogen-bond donors (Lipinski definition) is 1. The van der Waals surface area contributed by atoms with Gasteiger partial charge in [-0.05, 0) is 69.4 Å². The molecule has 4 rings (SSSR count). The summed E-state index contributed by atoms with van der Waals surface area (Å²) < 4.78 is 1.92. The first-order chi connectivity index (χ1) is 14.8. The van der Waals surface area contributed by atoms with E-state index in [-0.39, 0.29) is 5.91 Å². The number of hydrogen-bond acceptors (Lipinski definition) is 3. The molecule has 0 radical (unpaired) electrons. The normalized spacial score (nSPS) is 11.1. The molecule has 1 N–H and O–H groups in total. The minimum Gasteiger partial charge on any atom is -0.326 e. The van der Waals surface area contributed by atoms with E-state index in [2.05, 4.69) is 24.4 Å². The lowest BCUT2D eigenvalue weighted by atomic mass is 10.0. The molecule has 2 aromatic heterocycles.